The van der Waals surface area contributed by atoms with E-state index in [1.807, 2.05) is 32.0 Å². The Morgan fingerprint density at radius 2 is 1.71 bits per heavy atom. The Kier molecular flexibility index (Phi) is 5.39. The summed E-state index contributed by atoms with van der Waals surface area (Å²) in [6.07, 6.45) is 0. The van der Waals surface area contributed by atoms with Crippen molar-refractivity contribution in [3.8, 4) is 0 Å². The Morgan fingerprint density at radius 1 is 1.14 bits per heavy atom. The molecule has 0 unspecified atom stereocenters. The lowest BCUT2D eigenvalue weighted by Crippen LogP contribution is -2.23. The van der Waals surface area contributed by atoms with Crippen LogP contribution >= 0.6 is 50.5 Å². The third-order valence-corrected chi connectivity index (χ3v) is 7.61. The van der Waals surface area contributed by atoms with E-state index in [4.69, 9.17) is 23.2 Å². The van der Waals surface area contributed by atoms with Gasteiger partial charge in [-0.3, -0.25) is 0 Å². The molecule has 0 saturated carbocycles. The fourth-order valence-corrected chi connectivity index (χ4v) is 6.56. The van der Waals surface area contributed by atoms with E-state index in [0.717, 1.165) is 28.0 Å². The Morgan fingerprint density at radius 3 is 2.19 bits per heavy atom. The van der Waals surface area contributed by atoms with Gasteiger partial charge in [0.15, 0.2) is 0 Å². The van der Waals surface area contributed by atoms with E-state index >= 15 is 0 Å². The lowest BCUT2D eigenvalue weighted by molar-refractivity contribution is 0.581. The van der Waals surface area contributed by atoms with E-state index in [-0.39, 0.29) is 15.8 Å². The van der Waals surface area contributed by atoms with Gasteiger partial charge in [0.25, 0.3) is 0 Å². The van der Waals surface area contributed by atoms with Gasteiger partial charge in [-0.2, -0.15) is 0 Å². The highest BCUT2D eigenvalue weighted by atomic mass is 79.9. The minimum atomic E-state index is -3.73. The van der Waals surface area contributed by atoms with Crippen LogP contribution in [0.4, 0.5) is 0 Å². The summed E-state index contributed by atoms with van der Waals surface area (Å²) in [5, 5.41) is 0. The first-order chi connectivity index (χ1) is 9.70. The highest BCUT2D eigenvalue weighted by Gasteiger charge is 2.25. The van der Waals surface area contributed by atoms with Crippen LogP contribution < -0.4 is 4.72 Å². The summed E-state index contributed by atoms with van der Waals surface area (Å²) >= 11 is 16.0. The number of rotatable bonds is 4. The summed E-state index contributed by atoms with van der Waals surface area (Å²) in [6, 6.07) is 5.91. The van der Waals surface area contributed by atoms with Crippen LogP contribution in [0.25, 0.3) is 0 Å². The molecule has 0 radical (unpaired) electrons. The van der Waals surface area contributed by atoms with Crippen molar-refractivity contribution in [1.82, 2.24) is 4.72 Å². The zero-order chi connectivity index (χ0) is 15.8. The first kappa shape index (κ1) is 17.2. The van der Waals surface area contributed by atoms with Gasteiger partial charge in [0.05, 0.1) is 4.47 Å². The molecule has 2 aromatic rings. The molecule has 1 N–H and O–H groups in total. The summed E-state index contributed by atoms with van der Waals surface area (Å²) < 4.78 is 28.0. The number of thiophene rings is 1. The molecule has 0 amide bonds. The molecule has 3 nitrogen and oxygen atoms in total. The molecule has 0 aliphatic rings. The van der Waals surface area contributed by atoms with Gasteiger partial charge in [0, 0.05) is 6.54 Å². The Labute approximate surface area is 146 Å². The Hall–Kier alpha value is -0.110. The number of hydrogen-bond donors (Lipinski definition) is 1. The predicted molar refractivity (Wildman–Crippen MR) is 92.0 cm³/mol. The number of nitrogens with one attached hydrogen (secondary N) is 1. The highest BCUT2D eigenvalue weighted by Crippen LogP contribution is 2.42. The van der Waals surface area contributed by atoms with E-state index in [1.54, 1.807) is 0 Å². The first-order valence-corrected chi connectivity index (χ1v) is 9.75. The molecule has 2 rings (SSSR count). The summed E-state index contributed by atoms with van der Waals surface area (Å²) in [7, 11) is -3.73. The SMILES string of the molecule is Cc1cc(C)cc(CNS(=O)(=O)c2c(Cl)sc(Cl)c2Br)c1. The maximum Gasteiger partial charge on any atom is 0.244 e. The lowest BCUT2D eigenvalue weighted by Gasteiger charge is -2.08. The number of halogens is 3. The van der Waals surface area contributed by atoms with Crippen LogP contribution in [0.1, 0.15) is 16.7 Å². The highest BCUT2D eigenvalue weighted by molar-refractivity contribution is 9.10. The first-order valence-electron chi connectivity index (χ1n) is 5.91. The fraction of sp³-hybridized carbons (Fsp3) is 0.231. The average Bonchev–Trinajstić information content (AvgIpc) is 2.60. The zero-order valence-corrected chi connectivity index (χ0v) is 15.9. The number of sulfonamides is 1. The van der Waals surface area contributed by atoms with Gasteiger partial charge in [-0.1, -0.05) is 52.5 Å². The second-order valence-electron chi connectivity index (χ2n) is 4.61. The number of benzene rings is 1. The number of hydrogen-bond acceptors (Lipinski definition) is 3. The second-order valence-corrected chi connectivity index (χ2v) is 9.33. The van der Waals surface area contributed by atoms with Crippen LogP contribution in [0, 0.1) is 13.8 Å². The van der Waals surface area contributed by atoms with Gasteiger partial charge in [-0.05, 0) is 35.3 Å². The zero-order valence-electron chi connectivity index (χ0n) is 11.2. The van der Waals surface area contributed by atoms with Gasteiger partial charge in [0.2, 0.25) is 10.0 Å². The molecule has 0 aliphatic carbocycles. The lowest BCUT2D eigenvalue weighted by atomic mass is 10.1. The minimum Gasteiger partial charge on any atom is -0.207 e. The molecule has 1 aromatic heterocycles. The van der Waals surface area contributed by atoms with Gasteiger partial charge < -0.3 is 0 Å². The topological polar surface area (TPSA) is 46.2 Å². The molecule has 0 saturated heterocycles. The van der Waals surface area contributed by atoms with Crippen molar-refractivity contribution >= 4 is 60.5 Å². The van der Waals surface area contributed by atoms with Crippen LogP contribution in [-0.4, -0.2) is 8.42 Å². The summed E-state index contributed by atoms with van der Waals surface area (Å²) in [6.45, 7) is 4.13. The average molecular weight is 429 g/mol. The molecular formula is C13H12BrCl2NO2S2. The maximum absolute atomic E-state index is 12.4. The van der Waals surface area contributed by atoms with Crippen molar-refractivity contribution in [1.29, 1.82) is 0 Å². The van der Waals surface area contributed by atoms with Crippen molar-refractivity contribution in [2.24, 2.45) is 0 Å². The second kappa shape index (κ2) is 6.56. The van der Waals surface area contributed by atoms with E-state index in [0.29, 0.717) is 8.81 Å². The maximum atomic E-state index is 12.4. The van der Waals surface area contributed by atoms with E-state index in [9.17, 15) is 8.42 Å². The van der Waals surface area contributed by atoms with E-state index in [2.05, 4.69) is 20.7 Å². The van der Waals surface area contributed by atoms with Crippen molar-refractivity contribution in [3.05, 3.63) is 48.0 Å². The minimum absolute atomic E-state index is 0.0106. The molecule has 8 heteroatoms. The third kappa shape index (κ3) is 4.00. The molecule has 1 heterocycles. The summed E-state index contributed by atoms with van der Waals surface area (Å²) in [5.74, 6) is 0. The summed E-state index contributed by atoms with van der Waals surface area (Å²) in [4.78, 5) is -0.0106. The molecule has 0 fully saturated rings. The van der Waals surface area contributed by atoms with E-state index < -0.39 is 10.0 Å². The van der Waals surface area contributed by atoms with Crippen LogP contribution in [0.5, 0.6) is 0 Å². The van der Waals surface area contributed by atoms with Gasteiger partial charge in [-0.25, -0.2) is 13.1 Å². The van der Waals surface area contributed by atoms with Gasteiger partial charge in [0.1, 0.15) is 13.6 Å². The van der Waals surface area contributed by atoms with Gasteiger partial charge >= 0.3 is 0 Å². The Bertz CT molecular complexity index is 767. The third-order valence-electron chi connectivity index (χ3n) is 2.75. The van der Waals surface area contributed by atoms with Crippen LogP contribution in [-0.2, 0) is 16.6 Å². The Balaban J connectivity index is 2.26. The van der Waals surface area contributed by atoms with E-state index in [1.165, 1.54) is 0 Å². The molecule has 21 heavy (non-hydrogen) atoms. The smallest absolute Gasteiger partial charge is 0.207 e. The molecule has 0 aliphatic heterocycles. The monoisotopic (exact) mass is 427 g/mol. The van der Waals surface area contributed by atoms with Crippen molar-refractivity contribution in [3.63, 3.8) is 0 Å². The molecule has 114 valence electrons. The molecule has 1 aromatic carbocycles. The van der Waals surface area contributed by atoms with Crippen molar-refractivity contribution < 1.29 is 8.42 Å². The standard InChI is InChI=1S/C13H12BrCl2NO2S2/c1-7-3-8(2)5-9(4-7)6-17-21(18,19)11-10(14)12(15)20-13(11)16/h3-5,17H,6H2,1-2H3. The predicted octanol–water partition coefficient (Wildman–Crippen LogP) is 4.91. The van der Waals surface area contributed by atoms with Crippen molar-refractivity contribution in [2.45, 2.75) is 25.3 Å². The molecule has 0 spiro atoms. The largest absolute Gasteiger partial charge is 0.244 e. The van der Waals surface area contributed by atoms with Crippen LogP contribution in [0.3, 0.4) is 0 Å². The number of aryl methyl sites for hydroxylation is 2. The van der Waals surface area contributed by atoms with Gasteiger partial charge in [-0.15, -0.1) is 11.3 Å². The van der Waals surface area contributed by atoms with Crippen molar-refractivity contribution in [2.75, 3.05) is 0 Å². The van der Waals surface area contributed by atoms with Crippen LogP contribution in [0.2, 0.25) is 8.67 Å². The fourth-order valence-electron chi connectivity index (χ4n) is 1.99. The van der Waals surface area contributed by atoms with Crippen LogP contribution in [0.15, 0.2) is 27.6 Å². The normalized spacial score (nSPS) is 11.9. The summed E-state index contributed by atoms with van der Waals surface area (Å²) in [5.41, 5.74) is 3.06. The quantitative estimate of drug-likeness (QED) is 0.751. The molecule has 0 atom stereocenters. The molecular weight excluding hydrogens is 417 g/mol. The molecule has 0 bridgehead atoms.